The van der Waals surface area contributed by atoms with Crippen molar-refractivity contribution in [3.05, 3.63) is 95.6 Å². The van der Waals surface area contributed by atoms with E-state index >= 15 is 0 Å². The number of hydrogen-bond acceptors (Lipinski definition) is 9. The summed E-state index contributed by atoms with van der Waals surface area (Å²) in [6.45, 7) is 0.938. The number of aromatic hydroxyl groups is 1. The number of thioether (sulfide) groups is 1. The molecular weight excluding hydrogens is 588 g/mol. The van der Waals surface area contributed by atoms with Crippen LogP contribution in [-0.2, 0) is 36.9 Å². The highest BCUT2D eigenvalue weighted by atomic mass is 32.2. The molecule has 0 saturated carbocycles. The second kappa shape index (κ2) is 15.1. The van der Waals surface area contributed by atoms with Gasteiger partial charge in [0, 0.05) is 6.92 Å². The van der Waals surface area contributed by atoms with Crippen molar-refractivity contribution in [2.75, 3.05) is 6.54 Å². The summed E-state index contributed by atoms with van der Waals surface area (Å²) in [7, 11) is 0. The van der Waals surface area contributed by atoms with E-state index in [1.165, 1.54) is 24.0 Å². The molecule has 0 aromatic heterocycles. The molecule has 0 radical (unpaired) electrons. The maximum absolute atomic E-state index is 13.2. The fraction of sp³-hybridized carbons (Fsp3) is 0.281. The molecule has 3 N–H and O–H groups in total. The summed E-state index contributed by atoms with van der Waals surface area (Å²) in [5.41, 5.74) is 2.16. The summed E-state index contributed by atoms with van der Waals surface area (Å²) < 4.78 is 10.3. The number of carboxylic acids is 1. The van der Waals surface area contributed by atoms with Crippen LogP contribution in [-0.4, -0.2) is 62.0 Å². The van der Waals surface area contributed by atoms with Crippen molar-refractivity contribution in [1.82, 2.24) is 10.2 Å². The Kier molecular flexibility index (Phi) is 11.0. The molecule has 1 aliphatic rings. The fourth-order valence-electron chi connectivity index (χ4n) is 4.93. The molecule has 1 heterocycles. The normalized spacial score (nSPS) is 16.5. The van der Waals surface area contributed by atoms with Gasteiger partial charge in [-0.15, -0.1) is 0 Å². The number of rotatable bonds is 11. The van der Waals surface area contributed by atoms with E-state index in [0.717, 1.165) is 17.3 Å². The minimum atomic E-state index is -1.15. The largest absolute Gasteiger partial charge is 0.514 e. The van der Waals surface area contributed by atoms with Crippen LogP contribution in [0.4, 0.5) is 4.79 Å². The summed E-state index contributed by atoms with van der Waals surface area (Å²) in [6, 6.07) is 20.1. The third kappa shape index (κ3) is 8.83. The van der Waals surface area contributed by atoms with Crippen LogP contribution in [0.1, 0.15) is 42.5 Å². The van der Waals surface area contributed by atoms with E-state index in [4.69, 9.17) is 9.47 Å². The Morgan fingerprint density at radius 1 is 0.932 bits per heavy atom. The molecule has 2 amide bonds. The smallest absolute Gasteiger partial charge is 0.508 e. The predicted molar refractivity (Wildman–Crippen MR) is 161 cm³/mol. The number of ether oxygens (including phenoxy) is 2. The van der Waals surface area contributed by atoms with Crippen LogP contribution >= 0.6 is 11.8 Å². The maximum Gasteiger partial charge on any atom is 0.514 e. The lowest BCUT2D eigenvalue weighted by molar-refractivity contribution is -0.149. The van der Waals surface area contributed by atoms with Crippen molar-refractivity contribution >= 4 is 40.8 Å². The van der Waals surface area contributed by atoms with E-state index in [2.05, 4.69) is 5.32 Å². The Labute approximate surface area is 258 Å². The molecule has 0 aliphatic carbocycles. The van der Waals surface area contributed by atoms with E-state index in [1.807, 2.05) is 30.3 Å². The highest BCUT2D eigenvalue weighted by Gasteiger charge is 2.41. The second-order valence-corrected chi connectivity index (χ2v) is 11.5. The molecule has 0 spiro atoms. The molecule has 230 valence electrons. The van der Waals surface area contributed by atoms with E-state index < -0.39 is 47.8 Å². The standard InChI is InChI=1S/C32H32N2O9S/c1-20(35)44-28(17-21-7-13-25(14-8-21)43-32(41)42-19-22-5-3-2-4-6-22)30(38)33-18-29(37)34-26(15-16-27(34)31(39)40)23-9-11-24(36)12-10-23/h2-14,26-28,36H,15-19H2,1H3,(H,33,38)(H,39,40). The number of phenolic OH excluding ortho intramolecular Hbond substituents is 1. The summed E-state index contributed by atoms with van der Waals surface area (Å²) >= 11 is 0.811. The SMILES string of the molecule is CC(=O)SC(Cc1ccc(OC(=O)OCc2ccccc2)cc1)C(=O)NCC(=O)N1C(C(=O)O)CCC1c1ccc(O)cc1. The molecule has 1 fully saturated rings. The van der Waals surface area contributed by atoms with Crippen molar-refractivity contribution in [3.63, 3.8) is 0 Å². The van der Waals surface area contributed by atoms with Crippen molar-refractivity contribution in [2.45, 2.75) is 50.1 Å². The molecule has 12 heteroatoms. The minimum absolute atomic E-state index is 0.0455. The van der Waals surface area contributed by atoms with Gasteiger partial charge in [-0.05, 0) is 60.2 Å². The Morgan fingerprint density at radius 2 is 1.61 bits per heavy atom. The molecule has 1 aliphatic heterocycles. The number of nitrogens with one attached hydrogen (secondary N) is 1. The molecule has 3 unspecified atom stereocenters. The number of likely N-dealkylation sites (tertiary alicyclic amines) is 1. The number of phenols is 1. The number of amides is 2. The number of benzene rings is 3. The maximum atomic E-state index is 13.2. The number of carbonyl (C=O) groups is 5. The minimum Gasteiger partial charge on any atom is -0.508 e. The third-order valence-corrected chi connectivity index (χ3v) is 7.99. The summed E-state index contributed by atoms with van der Waals surface area (Å²) in [5, 5.41) is 20.7. The van der Waals surface area contributed by atoms with E-state index in [0.29, 0.717) is 17.5 Å². The first-order valence-electron chi connectivity index (χ1n) is 13.9. The number of hydrogen-bond donors (Lipinski definition) is 3. The fourth-order valence-corrected chi connectivity index (χ4v) is 5.80. The Hall–Kier alpha value is -4.84. The highest BCUT2D eigenvalue weighted by Crippen LogP contribution is 2.37. The zero-order valence-electron chi connectivity index (χ0n) is 23.9. The zero-order chi connectivity index (χ0) is 31.6. The van der Waals surface area contributed by atoms with Gasteiger partial charge in [-0.3, -0.25) is 14.4 Å². The first-order chi connectivity index (χ1) is 21.1. The van der Waals surface area contributed by atoms with Gasteiger partial charge in [0.15, 0.2) is 5.12 Å². The van der Waals surface area contributed by atoms with Crippen LogP contribution < -0.4 is 10.1 Å². The first-order valence-corrected chi connectivity index (χ1v) is 14.7. The quantitative estimate of drug-likeness (QED) is 0.209. The predicted octanol–water partition coefficient (Wildman–Crippen LogP) is 4.23. The summed E-state index contributed by atoms with van der Waals surface area (Å²) in [5.74, 6) is -2.00. The van der Waals surface area contributed by atoms with E-state index in [1.54, 1.807) is 36.4 Å². The van der Waals surface area contributed by atoms with Gasteiger partial charge in [-0.25, -0.2) is 9.59 Å². The van der Waals surface area contributed by atoms with Gasteiger partial charge in [0.25, 0.3) is 0 Å². The van der Waals surface area contributed by atoms with Gasteiger partial charge in [0.2, 0.25) is 11.8 Å². The topological polar surface area (TPSA) is 160 Å². The molecule has 3 atom stereocenters. The van der Waals surface area contributed by atoms with Crippen LogP contribution in [0.15, 0.2) is 78.9 Å². The number of nitrogens with zero attached hydrogens (tertiary/aromatic N) is 1. The van der Waals surface area contributed by atoms with Crippen LogP contribution in [0.5, 0.6) is 11.5 Å². The zero-order valence-corrected chi connectivity index (χ0v) is 24.7. The number of carboxylic acid groups (broad SMARTS) is 1. The lowest BCUT2D eigenvalue weighted by atomic mass is 10.0. The average Bonchev–Trinajstić information content (AvgIpc) is 3.46. The molecule has 3 aromatic carbocycles. The van der Waals surface area contributed by atoms with Gasteiger partial charge >= 0.3 is 12.1 Å². The lowest BCUT2D eigenvalue weighted by Gasteiger charge is -2.29. The Balaban J connectivity index is 1.35. The van der Waals surface area contributed by atoms with Gasteiger partial charge in [-0.2, -0.15) is 0 Å². The second-order valence-electron chi connectivity index (χ2n) is 10.1. The van der Waals surface area contributed by atoms with Crippen LogP contribution in [0, 0.1) is 0 Å². The highest BCUT2D eigenvalue weighted by molar-refractivity contribution is 8.14. The van der Waals surface area contributed by atoms with Crippen LogP contribution in [0.25, 0.3) is 0 Å². The molecular formula is C32H32N2O9S. The summed E-state index contributed by atoms with van der Waals surface area (Å²) in [6.07, 6.45) is -0.0742. The van der Waals surface area contributed by atoms with Gasteiger partial charge in [-0.1, -0.05) is 66.4 Å². The monoisotopic (exact) mass is 620 g/mol. The first kappa shape index (κ1) is 32.1. The lowest BCUT2D eigenvalue weighted by Crippen LogP contribution is -2.47. The van der Waals surface area contributed by atoms with Crippen molar-refractivity contribution in [2.24, 2.45) is 0 Å². The average molecular weight is 621 g/mol. The molecule has 11 nitrogen and oxygen atoms in total. The van der Waals surface area contributed by atoms with Crippen LogP contribution in [0.2, 0.25) is 0 Å². The Bertz CT molecular complexity index is 1480. The summed E-state index contributed by atoms with van der Waals surface area (Å²) in [4.78, 5) is 63.5. The number of aliphatic carboxylic acids is 1. The molecule has 0 bridgehead atoms. The van der Waals surface area contributed by atoms with Crippen molar-refractivity contribution < 1.29 is 43.7 Å². The van der Waals surface area contributed by atoms with E-state index in [-0.39, 0.29) is 36.1 Å². The molecule has 4 rings (SSSR count). The van der Waals surface area contributed by atoms with Gasteiger partial charge < -0.3 is 29.9 Å². The van der Waals surface area contributed by atoms with Gasteiger partial charge in [0.1, 0.15) is 24.1 Å². The molecule has 44 heavy (non-hydrogen) atoms. The number of carbonyl (C=O) groups excluding carboxylic acids is 4. The van der Waals surface area contributed by atoms with Crippen molar-refractivity contribution in [1.29, 1.82) is 0 Å². The molecule has 1 saturated heterocycles. The Morgan fingerprint density at radius 3 is 2.25 bits per heavy atom. The van der Waals surface area contributed by atoms with Crippen LogP contribution in [0.3, 0.4) is 0 Å². The third-order valence-electron chi connectivity index (χ3n) is 7.00. The van der Waals surface area contributed by atoms with Crippen molar-refractivity contribution in [3.8, 4) is 11.5 Å². The molecule has 3 aromatic rings. The van der Waals surface area contributed by atoms with Gasteiger partial charge in [0.05, 0.1) is 17.8 Å². The van der Waals surface area contributed by atoms with E-state index in [9.17, 15) is 34.2 Å².